The van der Waals surface area contributed by atoms with Gasteiger partial charge in [-0.15, -0.1) is 11.3 Å². The largest absolute Gasteiger partial charge is 0.348 e. The van der Waals surface area contributed by atoms with Crippen LogP contribution in [-0.2, 0) is 17.8 Å². The van der Waals surface area contributed by atoms with Crippen molar-refractivity contribution in [2.24, 2.45) is 0 Å². The van der Waals surface area contributed by atoms with Crippen molar-refractivity contribution in [2.45, 2.75) is 32.9 Å². The van der Waals surface area contributed by atoms with Gasteiger partial charge < -0.3 is 5.32 Å². The third-order valence-electron chi connectivity index (χ3n) is 5.18. The Labute approximate surface area is 179 Å². The number of aryl methyl sites for hydroxylation is 1. The summed E-state index contributed by atoms with van der Waals surface area (Å²) >= 11 is 1.56. The molecule has 0 aliphatic carbocycles. The lowest BCUT2D eigenvalue weighted by atomic mass is 10.1. The third kappa shape index (κ3) is 4.04. The van der Waals surface area contributed by atoms with Crippen LogP contribution in [0.4, 0.5) is 0 Å². The number of benzene rings is 2. The lowest BCUT2D eigenvalue weighted by Gasteiger charge is -2.16. The van der Waals surface area contributed by atoms with Gasteiger partial charge in [-0.1, -0.05) is 55.5 Å². The second kappa shape index (κ2) is 8.63. The Morgan fingerprint density at radius 2 is 1.80 bits per heavy atom. The molecule has 0 aliphatic heterocycles. The average molecular weight is 418 g/mol. The molecule has 2 aromatic carbocycles. The Morgan fingerprint density at radius 1 is 1.07 bits per heavy atom. The van der Waals surface area contributed by atoms with Gasteiger partial charge in [0.2, 0.25) is 5.91 Å². The summed E-state index contributed by atoms with van der Waals surface area (Å²) in [5.41, 5.74) is 2.74. The van der Waals surface area contributed by atoms with Crippen LogP contribution < -0.4 is 10.9 Å². The first-order valence-corrected chi connectivity index (χ1v) is 10.9. The number of rotatable bonds is 6. The van der Waals surface area contributed by atoms with Crippen LogP contribution in [0.15, 0.2) is 70.8 Å². The maximum atomic E-state index is 12.9. The molecule has 0 fully saturated rings. The van der Waals surface area contributed by atoms with Crippen LogP contribution in [0, 0.1) is 0 Å². The number of thiophene rings is 1. The molecule has 1 amide bonds. The fraction of sp³-hybridized carbons (Fsp3) is 0.208. The molecule has 1 N–H and O–H groups in total. The van der Waals surface area contributed by atoms with E-state index in [1.54, 1.807) is 17.4 Å². The maximum absolute atomic E-state index is 12.9. The van der Waals surface area contributed by atoms with E-state index in [2.05, 4.69) is 29.5 Å². The van der Waals surface area contributed by atoms with E-state index in [-0.39, 0.29) is 24.1 Å². The van der Waals surface area contributed by atoms with Crippen molar-refractivity contribution in [3.8, 4) is 10.6 Å². The Kier molecular flexibility index (Phi) is 5.77. The minimum atomic E-state index is -0.263. The van der Waals surface area contributed by atoms with Crippen LogP contribution in [0.3, 0.4) is 0 Å². The summed E-state index contributed by atoms with van der Waals surface area (Å²) in [7, 11) is 0. The number of nitrogens with one attached hydrogen (secondary N) is 1. The zero-order valence-electron chi connectivity index (χ0n) is 17.0. The van der Waals surface area contributed by atoms with E-state index >= 15 is 0 Å². The number of fused-ring (bicyclic) bond motifs is 1. The van der Waals surface area contributed by atoms with E-state index in [1.807, 2.05) is 54.8 Å². The van der Waals surface area contributed by atoms with E-state index < -0.39 is 0 Å². The second-order valence-corrected chi connectivity index (χ2v) is 8.17. The molecule has 4 rings (SSSR count). The molecule has 0 bridgehead atoms. The number of hydrogen-bond donors (Lipinski definition) is 1. The fourth-order valence-electron chi connectivity index (χ4n) is 3.49. The van der Waals surface area contributed by atoms with E-state index in [4.69, 9.17) is 0 Å². The molecule has 0 radical (unpaired) electrons. The summed E-state index contributed by atoms with van der Waals surface area (Å²) in [6.07, 6.45) is 0.976. The van der Waals surface area contributed by atoms with Gasteiger partial charge in [-0.2, -0.15) is 5.10 Å². The highest BCUT2D eigenvalue weighted by Crippen LogP contribution is 2.28. The Bertz CT molecular complexity index is 1230. The van der Waals surface area contributed by atoms with E-state index in [0.717, 1.165) is 27.9 Å². The molecule has 0 saturated heterocycles. The smallest absolute Gasteiger partial charge is 0.275 e. The number of nitrogens with zero attached hydrogens (tertiary/aromatic N) is 2. The van der Waals surface area contributed by atoms with Crippen molar-refractivity contribution in [3.05, 3.63) is 87.5 Å². The fourth-order valence-corrected chi connectivity index (χ4v) is 4.21. The number of carbonyl (C=O) groups is 1. The van der Waals surface area contributed by atoms with Gasteiger partial charge in [0, 0.05) is 5.39 Å². The van der Waals surface area contributed by atoms with Gasteiger partial charge in [0.05, 0.1) is 16.3 Å². The topological polar surface area (TPSA) is 64.0 Å². The number of carbonyl (C=O) groups excluding carboxylic acids is 1. The van der Waals surface area contributed by atoms with Crippen molar-refractivity contribution in [2.75, 3.05) is 0 Å². The van der Waals surface area contributed by atoms with Gasteiger partial charge in [-0.3, -0.25) is 9.59 Å². The van der Waals surface area contributed by atoms with Crippen LogP contribution in [0.1, 0.15) is 31.0 Å². The number of aromatic nitrogens is 2. The zero-order chi connectivity index (χ0) is 21.1. The number of hydrogen-bond acceptors (Lipinski definition) is 4. The normalized spacial score (nSPS) is 12.1. The van der Waals surface area contributed by atoms with Gasteiger partial charge in [0.15, 0.2) is 0 Å². The highest BCUT2D eigenvalue weighted by Gasteiger charge is 2.16. The van der Waals surface area contributed by atoms with Gasteiger partial charge in [-0.05, 0) is 42.0 Å². The Morgan fingerprint density at radius 3 is 2.47 bits per heavy atom. The van der Waals surface area contributed by atoms with Crippen molar-refractivity contribution in [1.82, 2.24) is 15.1 Å². The zero-order valence-corrected chi connectivity index (χ0v) is 17.8. The molecular formula is C24H23N3O2S. The molecule has 0 unspecified atom stereocenters. The molecule has 0 spiro atoms. The summed E-state index contributed by atoms with van der Waals surface area (Å²) in [5.74, 6) is -0.246. The first-order chi connectivity index (χ1) is 14.6. The minimum Gasteiger partial charge on any atom is -0.348 e. The quantitative estimate of drug-likeness (QED) is 0.500. The second-order valence-electron chi connectivity index (χ2n) is 7.22. The monoisotopic (exact) mass is 417 g/mol. The number of amides is 1. The van der Waals surface area contributed by atoms with Gasteiger partial charge in [0.25, 0.3) is 5.56 Å². The predicted octanol–water partition coefficient (Wildman–Crippen LogP) is 4.56. The lowest BCUT2D eigenvalue weighted by Crippen LogP contribution is -2.35. The van der Waals surface area contributed by atoms with Crippen molar-refractivity contribution >= 4 is 28.0 Å². The predicted molar refractivity (Wildman–Crippen MR) is 122 cm³/mol. The maximum Gasteiger partial charge on any atom is 0.275 e. The van der Waals surface area contributed by atoms with Gasteiger partial charge >= 0.3 is 0 Å². The summed E-state index contributed by atoms with van der Waals surface area (Å²) < 4.78 is 1.26. The summed E-state index contributed by atoms with van der Waals surface area (Å²) in [6, 6.07) is 19.3. The molecule has 2 aromatic heterocycles. The molecule has 6 heteroatoms. The molecular weight excluding hydrogens is 394 g/mol. The third-order valence-corrected chi connectivity index (χ3v) is 6.06. The van der Waals surface area contributed by atoms with Crippen molar-refractivity contribution in [1.29, 1.82) is 0 Å². The van der Waals surface area contributed by atoms with E-state index in [1.165, 1.54) is 10.2 Å². The Balaban J connectivity index is 1.61. The minimum absolute atomic E-state index is 0.126. The Hall–Kier alpha value is -3.25. The first-order valence-electron chi connectivity index (χ1n) is 9.98. The molecule has 5 nitrogen and oxygen atoms in total. The average Bonchev–Trinajstić information content (AvgIpc) is 3.30. The highest BCUT2D eigenvalue weighted by molar-refractivity contribution is 7.13. The molecule has 0 aliphatic rings. The standard InChI is InChI=1S/C24H23N3O2S/c1-3-17-10-12-18(13-11-17)16(2)25-22(28)15-27-24(29)20-8-5-4-7-19(20)23(26-27)21-9-6-14-30-21/h4-14,16H,3,15H2,1-2H3,(H,25,28)/t16-/m1/s1. The van der Waals surface area contributed by atoms with Crippen LogP contribution >= 0.6 is 11.3 Å². The van der Waals surface area contributed by atoms with Crippen LogP contribution in [0.5, 0.6) is 0 Å². The molecule has 2 heterocycles. The van der Waals surface area contributed by atoms with Crippen LogP contribution in [0.2, 0.25) is 0 Å². The van der Waals surface area contributed by atoms with Crippen molar-refractivity contribution in [3.63, 3.8) is 0 Å². The lowest BCUT2D eigenvalue weighted by molar-refractivity contribution is -0.122. The first kappa shape index (κ1) is 20.0. The van der Waals surface area contributed by atoms with Gasteiger partial charge in [-0.25, -0.2) is 4.68 Å². The molecule has 4 aromatic rings. The van der Waals surface area contributed by atoms with Crippen molar-refractivity contribution < 1.29 is 4.79 Å². The summed E-state index contributed by atoms with van der Waals surface area (Å²) in [5, 5.41) is 10.8. The summed E-state index contributed by atoms with van der Waals surface area (Å²) in [6.45, 7) is 3.92. The SMILES string of the molecule is CCc1ccc([C@@H](C)NC(=O)Cn2nc(-c3cccs3)c3ccccc3c2=O)cc1. The summed E-state index contributed by atoms with van der Waals surface area (Å²) in [4.78, 5) is 26.6. The van der Waals surface area contributed by atoms with Gasteiger partial charge in [0.1, 0.15) is 12.2 Å². The highest BCUT2D eigenvalue weighted by atomic mass is 32.1. The van der Waals surface area contributed by atoms with E-state index in [9.17, 15) is 9.59 Å². The van der Waals surface area contributed by atoms with Crippen LogP contribution in [0.25, 0.3) is 21.3 Å². The molecule has 30 heavy (non-hydrogen) atoms. The van der Waals surface area contributed by atoms with Crippen LogP contribution in [-0.4, -0.2) is 15.7 Å². The van der Waals surface area contributed by atoms with E-state index in [0.29, 0.717) is 5.39 Å². The molecule has 1 atom stereocenters. The molecule has 152 valence electrons. The molecule has 0 saturated carbocycles.